The molecule has 2 aromatic rings. The number of pyridine rings is 2. The first-order valence-electron chi connectivity index (χ1n) is 7.45. The van der Waals surface area contributed by atoms with E-state index in [4.69, 9.17) is 9.47 Å². The average Bonchev–Trinajstić information content (AvgIpc) is 2.47. The van der Waals surface area contributed by atoms with Crippen molar-refractivity contribution in [3.63, 3.8) is 0 Å². The molecular weight excluding hydrogens is 298 g/mol. The minimum Gasteiger partial charge on any atom is -0.484 e. The summed E-state index contributed by atoms with van der Waals surface area (Å²) in [5.41, 5.74) is 0.727. The number of hydrogen-bond acceptors (Lipinski definition) is 5. The molecular formula is C16H19N3O4. The Morgan fingerprint density at radius 2 is 2.22 bits per heavy atom. The molecule has 0 saturated carbocycles. The molecule has 0 aromatic carbocycles. The highest BCUT2D eigenvalue weighted by molar-refractivity contribution is 5.81. The van der Waals surface area contributed by atoms with Gasteiger partial charge in [-0.3, -0.25) is 14.3 Å². The molecule has 1 aliphatic heterocycles. The number of carbonyl (C=O) groups excluding carboxylic acids is 1. The monoisotopic (exact) mass is 317 g/mol. The highest BCUT2D eigenvalue weighted by Gasteiger charge is 2.24. The van der Waals surface area contributed by atoms with Gasteiger partial charge in [0.15, 0.2) is 0 Å². The van der Waals surface area contributed by atoms with E-state index in [-0.39, 0.29) is 18.2 Å². The van der Waals surface area contributed by atoms with Gasteiger partial charge in [0.1, 0.15) is 23.0 Å². The van der Waals surface area contributed by atoms with Crippen molar-refractivity contribution in [3.8, 4) is 5.75 Å². The van der Waals surface area contributed by atoms with Gasteiger partial charge in [-0.2, -0.15) is 0 Å². The lowest BCUT2D eigenvalue weighted by Gasteiger charge is -2.28. The van der Waals surface area contributed by atoms with Crippen LogP contribution in [0.5, 0.6) is 5.75 Å². The van der Waals surface area contributed by atoms with E-state index in [1.54, 1.807) is 43.7 Å². The van der Waals surface area contributed by atoms with Gasteiger partial charge in [-0.15, -0.1) is 0 Å². The molecule has 1 atom stereocenters. The standard InChI is InChI=1S/C16H19N3O4/c1-16(2,3)23-15(21)18-8-10-9-19-13(20)5-4-11-14(19)12(22-10)6-7-17-11/h4-7,10H,8-9H2,1-3H3,(H,18,21). The van der Waals surface area contributed by atoms with Crippen LogP contribution in [-0.2, 0) is 11.3 Å². The van der Waals surface area contributed by atoms with Gasteiger partial charge < -0.3 is 14.8 Å². The summed E-state index contributed by atoms with van der Waals surface area (Å²) in [6.07, 6.45) is 0.781. The zero-order valence-electron chi connectivity index (χ0n) is 13.3. The van der Waals surface area contributed by atoms with Crippen molar-refractivity contribution < 1.29 is 14.3 Å². The molecule has 1 amide bonds. The summed E-state index contributed by atoms with van der Waals surface area (Å²) in [5, 5.41) is 2.67. The molecule has 2 aromatic heterocycles. The van der Waals surface area contributed by atoms with Crippen LogP contribution >= 0.6 is 0 Å². The van der Waals surface area contributed by atoms with Gasteiger partial charge >= 0.3 is 6.09 Å². The quantitative estimate of drug-likeness (QED) is 0.911. The average molecular weight is 317 g/mol. The lowest BCUT2D eigenvalue weighted by molar-refractivity contribution is 0.0493. The number of nitrogens with one attached hydrogen (secondary N) is 1. The number of ether oxygens (including phenoxy) is 2. The molecule has 0 fully saturated rings. The molecule has 7 nitrogen and oxygen atoms in total. The van der Waals surface area contributed by atoms with Crippen molar-refractivity contribution in [2.75, 3.05) is 6.54 Å². The van der Waals surface area contributed by atoms with Crippen LogP contribution in [0.2, 0.25) is 0 Å². The lowest BCUT2D eigenvalue weighted by atomic mass is 10.2. The van der Waals surface area contributed by atoms with Crippen LogP contribution in [0, 0.1) is 0 Å². The van der Waals surface area contributed by atoms with Crippen LogP contribution in [0.1, 0.15) is 20.8 Å². The molecule has 1 unspecified atom stereocenters. The van der Waals surface area contributed by atoms with E-state index in [1.807, 2.05) is 0 Å². The minimum atomic E-state index is -0.557. The molecule has 7 heteroatoms. The maximum Gasteiger partial charge on any atom is 0.407 e. The van der Waals surface area contributed by atoms with Gasteiger partial charge in [-0.25, -0.2) is 4.79 Å². The van der Waals surface area contributed by atoms with E-state index in [0.29, 0.717) is 23.3 Å². The summed E-state index contributed by atoms with van der Waals surface area (Å²) in [4.78, 5) is 28.1. The molecule has 23 heavy (non-hydrogen) atoms. The summed E-state index contributed by atoms with van der Waals surface area (Å²) < 4.78 is 12.7. The van der Waals surface area contributed by atoms with E-state index >= 15 is 0 Å². The fraction of sp³-hybridized carbons (Fsp3) is 0.438. The number of rotatable bonds is 2. The molecule has 0 spiro atoms. The Kier molecular flexibility index (Phi) is 3.71. The maximum absolute atomic E-state index is 12.1. The van der Waals surface area contributed by atoms with Crippen molar-refractivity contribution >= 4 is 17.1 Å². The number of aromatic nitrogens is 2. The zero-order valence-corrected chi connectivity index (χ0v) is 13.3. The maximum atomic E-state index is 12.1. The normalized spacial score (nSPS) is 16.7. The molecule has 1 aliphatic rings. The Labute approximate surface area is 133 Å². The Bertz CT molecular complexity index is 807. The predicted octanol–water partition coefficient (Wildman–Crippen LogP) is 1.68. The molecule has 0 radical (unpaired) electrons. The predicted molar refractivity (Wildman–Crippen MR) is 84.7 cm³/mol. The fourth-order valence-corrected chi connectivity index (χ4v) is 2.51. The lowest BCUT2D eigenvalue weighted by Crippen LogP contribution is -2.43. The van der Waals surface area contributed by atoms with E-state index in [0.717, 1.165) is 0 Å². The Morgan fingerprint density at radius 3 is 2.96 bits per heavy atom. The minimum absolute atomic E-state index is 0.114. The van der Waals surface area contributed by atoms with Crippen molar-refractivity contribution in [1.29, 1.82) is 0 Å². The number of hydrogen-bond donors (Lipinski definition) is 1. The second-order valence-electron chi connectivity index (χ2n) is 6.45. The van der Waals surface area contributed by atoms with Gasteiger partial charge in [0.05, 0.1) is 18.6 Å². The van der Waals surface area contributed by atoms with Crippen molar-refractivity contribution in [1.82, 2.24) is 14.9 Å². The van der Waals surface area contributed by atoms with Crippen LogP contribution in [0.3, 0.4) is 0 Å². The summed E-state index contributed by atoms with van der Waals surface area (Å²) >= 11 is 0. The molecule has 3 rings (SSSR count). The number of carbonyl (C=O) groups is 1. The molecule has 3 heterocycles. The highest BCUT2D eigenvalue weighted by Crippen LogP contribution is 2.27. The Hall–Kier alpha value is -2.57. The second kappa shape index (κ2) is 5.57. The third-order valence-corrected chi connectivity index (χ3v) is 3.39. The molecule has 0 saturated heterocycles. The van der Waals surface area contributed by atoms with Gasteiger partial charge in [0.25, 0.3) is 5.56 Å². The van der Waals surface area contributed by atoms with Gasteiger partial charge in [-0.1, -0.05) is 0 Å². The van der Waals surface area contributed by atoms with Gasteiger partial charge in [-0.05, 0) is 26.8 Å². The smallest absolute Gasteiger partial charge is 0.407 e. The number of nitrogens with zero attached hydrogens (tertiary/aromatic N) is 2. The Balaban J connectivity index is 1.76. The molecule has 122 valence electrons. The summed E-state index contributed by atoms with van der Waals surface area (Å²) in [6.45, 7) is 6.00. The summed E-state index contributed by atoms with van der Waals surface area (Å²) in [6, 6.07) is 4.89. The molecule has 1 N–H and O–H groups in total. The second-order valence-corrected chi connectivity index (χ2v) is 6.45. The number of alkyl carbamates (subject to hydrolysis) is 1. The topological polar surface area (TPSA) is 82.5 Å². The Morgan fingerprint density at radius 1 is 1.43 bits per heavy atom. The van der Waals surface area contributed by atoms with Crippen LogP contribution in [0.15, 0.2) is 29.2 Å². The third kappa shape index (κ3) is 3.28. The third-order valence-electron chi connectivity index (χ3n) is 3.39. The fourth-order valence-electron chi connectivity index (χ4n) is 2.51. The van der Waals surface area contributed by atoms with Crippen molar-refractivity contribution in [3.05, 3.63) is 34.7 Å². The van der Waals surface area contributed by atoms with E-state index in [2.05, 4.69) is 10.3 Å². The van der Waals surface area contributed by atoms with Crippen LogP contribution in [0.4, 0.5) is 4.79 Å². The van der Waals surface area contributed by atoms with E-state index < -0.39 is 11.7 Å². The summed E-state index contributed by atoms with van der Waals surface area (Å²) in [7, 11) is 0. The largest absolute Gasteiger partial charge is 0.484 e. The van der Waals surface area contributed by atoms with Crippen LogP contribution < -0.4 is 15.6 Å². The van der Waals surface area contributed by atoms with Gasteiger partial charge in [0, 0.05) is 18.3 Å². The highest BCUT2D eigenvalue weighted by atomic mass is 16.6. The first-order chi connectivity index (χ1) is 10.8. The number of amides is 1. The zero-order chi connectivity index (χ0) is 16.6. The molecule has 0 bridgehead atoms. The first kappa shape index (κ1) is 15.3. The van der Waals surface area contributed by atoms with Crippen molar-refractivity contribution in [2.45, 2.75) is 39.0 Å². The molecule has 0 aliphatic carbocycles. The van der Waals surface area contributed by atoms with Crippen LogP contribution in [-0.4, -0.2) is 33.9 Å². The summed E-state index contributed by atoms with van der Waals surface area (Å²) in [5.74, 6) is 0.593. The van der Waals surface area contributed by atoms with Crippen molar-refractivity contribution in [2.24, 2.45) is 0 Å². The first-order valence-corrected chi connectivity index (χ1v) is 7.45. The SMILES string of the molecule is CC(C)(C)OC(=O)NCC1Cn2c(=O)ccc3nccc(c32)O1. The van der Waals surface area contributed by atoms with Crippen LogP contribution in [0.25, 0.3) is 11.0 Å². The van der Waals surface area contributed by atoms with E-state index in [9.17, 15) is 9.59 Å². The van der Waals surface area contributed by atoms with E-state index in [1.165, 1.54) is 6.07 Å². The van der Waals surface area contributed by atoms with Gasteiger partial charge in [0.2, 0.25) is 0 Å².